The van der Waals surface area contributed by atoms with Gasteiger partial charge in [-0.1, -0.05) is 0 Å². The normalized spacial score (nSPS) is 51.7. The minimum Gasteiger partial charge on any atom is -0.394 e. The molecule has 0 radical (unpaired) electrons. The van der Waals surface area contributed by atoms with E-state index in [0.717, 1.165) is 0 Å². The molecule has 1 unspecified atom stereocenters. The van der Waals surface area contributed by atoms with Crippen molar-refractivity contribution in [1.82, 2.24) is 0 Å². The Labute approximate surface area is 132 Å². The summed E-state index contributed by atoms with van der Waals surface area (Å²) in [5.74, 6) is 0. The van der Waals surface area contributed by atoms with Gasteiger partial charge in [-0.05, 0) is 0 Å². The van der Waals surface area contributed by atoms with Crippen LogP contribution in [0.15, 0.2) is 0 Å². The number of rotatable bonds is 4. The Morgan fingerprint density at radius 2 is 1.35 bits per heavy atom. The highest BCUT2D eigenvalue weighted by Crippen LogP contribution is 2.27. The van der Waals surface area contributed by atoms with Crippen LogP contribution in [-0.2, 0) is 14.2 Å². The summed E-state index contributed by atoms with van der Waals surface area (Å²) in [6.07, 6.45) is -10.5. The van der Waals surface area contributed by atoms with Crippen LogP contribution in [0.1, 0.15) is 0 Å². The third kappa shape index (κ3) is 3.65. The average Bonchev–Trinajstić information content (AvgIpc) is 2.54. The predicted molar refractivity (Wildman–Crippen MR) is 72.6 cm³/mol. The molecule has 0 aromatic heterocycles. The highest BCUT2D eigenvalue weighted by atomic mass is 16.7. The second kappa shape index (κ2) is 7.63. The first-order valence-corrected chi connectivity index (χ1v) is 7.23. The Balaban J connectivity index is 2.11. The second-order valence-corrected chi connectivity index (χ2v) is 5.70. The quantitative estimate of drug-likeness (QED) is 0.242. The van der Waals surface area contributed by atoms with Crippen molar-refractivity contribution in [2.24, 2.45) is 11.5 Å². The van der Waals surface area contributed by atoms with Gasteiger partial charge in [0.15, 0.2) is 12.6 Å². The zero-order valence-electron chi connectivity index (χ0n) is 12.3. The van der Waals surface area contributed by atoms with Crippen LogP contribution >= 0.6 is 0 Å². The molecule has 2 fully saturated rings. The largest absolute Gasteiger partial charge is 0.394 e. The molecule has 2 heterocycles. The molecule has 10 N–H and O–H groups in total. The van der Waals surface area contributed by atoms with E-state index in [9.17, 15) is 20.4 Å². The second-order valence-electron chi connectivity index (χ2n) is 5.70. The third-order valence-electron chi connectivity index (χ3n) is 4.14. The summed E-state index contributed by atoms with van der Waals surface area (Å²) in [5.41, 5.74) is 11.5. The van der Waals surface area contributed by atoms with Gasteiger partial charge >= 0.3 is 0 Å². The van der Waals surface area contributed by atoms with E-state index in [2.05, 4.69) is 0 Å². The van der Waals surface area contributed by atoms with Gasteiger partial charge < -0.3 is 56.3 Å². The summed E-state index contributed by atoms with van der Waals surface area (Å²) >= 11 is 0. The first-order valence-electron chi connectivity index (χ1n) is 7.23. The summed E-state index contributed by atoms with van der Waals surface area (Å²) < 4.78 is 15.7. The van der Waals surface area contributed by atoms with Gasteiger partial charge in [0, 0.05) is 0 Å². The highest BCUT2D eigenvalue weighted by molar-refractivity contribution is 4.96. The summed E-state index contributed by atoms with van der Waals surface area (Å²) in [6.45, 7) is -1.17. The molecule has 0 aliphatic carbocycles. The van der Waals surface area contributed by atoms with E-state index in [-0.39, 0.29) is 0 Å². The molecular formula is C12H24N2O9. The lowest BCUT2D eigenvalue weighted by Crippen LogP contribution is -2.67. The third-order valence-corrected chi connectivity index (χ3v) is 4.14. The molecule has 0 bridgehead atoms. The Bertz CT molecular complexity index is 388. The number of hydrogen-bond donors (Lipinski definition) is 8. The smallest absolute Gasteiger partial charge is 0.176 e. The van der Waals surface area contributed by atoms with Crippen LogP contribution in [-0.4, -0.2) is 105 Å². The molecule has 11 heteroatoms. The van der Waals surface area contributed by atoms with Gasteiger partial charge in [0.25, 0.3) is 0 Å². The number of ether oxygens (including phenoxy) is 3. The highest BCUT2D eigenvalue weighted by Gasteiger charge is 2.49. The van der Waals surface area contributed by atoms with Gasteiger partial charge in [-0.3, -0.25) is 0 Å². The lowest BCUT2D eigenvalue weighted by atomic mass is 9.95. The Hall–Kier alpha value is -0.440. The molecular weight excluding hydrogens is 316 g/mol. The molecule has 11 nitrogen and oxygen atoms in total. The monoisotopic (exact) mass is 340 g/mol. The summed E-state index contributed by atoms with van der Waals surface area (Å²) in [7, 11) is 0. The minimum absolute atomic E-state index is 0.580. The van der Waals surface area contributed by atoms with Crippen LogP contribution in [0.2, 0.25) is 0 Å². The van der Waals surface area contributed by atoms with Gasteiger partial charge in [-0.25, -0.2) is 0 Å². The standard InChI is InChI=1S/C12H24N2O9/c13-5-9(19)7(17)3(1-15)22-12(5)23-10-6(14)11(20)21-4(2-16)8(10)18/h3-12,15-20H,1-2,13-14H2/t3-,4-,5-,6-,7-,8+,9-,10-,11?,12+/m1/s1. The first kappa shape index (κ1) is 18.9. The molecule has 2 saturated heterocycles. The van der Waals surface area contributed by atoms with Crippen LogP contribution < -0.4 is 11.5 Å². The van der Waals surface area contributed by atoms with E-state index >= 15 is 0 Å². The fourth-order valence-corrected chi connectivity index (χ4v) is 2.65. The van der Waals surface area contributed by atoms with Crippen LogP contribution in [0.4, 0.5) is 0 Å². The summed E-state index contributed by atoms with van der Waals surface area (Å²) in [4.78, 5) is 0. The van der Waals surface area contributed by atoms with Crippen molar-refractivity contribution in [2.75, 3.05) is 13.2 Å². The number of hydrogen-bond acceptors (Lipinski definition) is 11. The van der Waals surface area contributed by atoms with E-state index < -0.39 is 74.5 Å². The Morgan fingerprint density at radius 3 is 1.91 bits per heavy atom. The molecule has 23 heavy (non-hydrogen) atoms. The molecule has 0 aromatic rings. The van der Waals surface area contributed by atoms with Crippen molar-refractivity contribution in [2.45, 2.75) is 61.3 Å². The van der Waals surface area contributed by atoms with Crippen LogP contribution in [0.3, 0.4) is 0 Å². The fourth-order valence-electron chi connectivity index (χ4n) is 2.65. The number of aliphatic hydroxyl groups excluding tert-OH is 6. The zero-order valence-corrected chi connectivity index (χ0v) is 12.3. The van der Waals surface area contributed by atoms with Gasteiger partial charge in [-0.2, -0.15) is 0 Å². The van der Waals surface area contributed by atoms with E-state index in [1.54, 1.807) is 0 Å². The Morgan fingerprint density at radius 1 is 0.783 bits per heavy atom. The van der Waals surface area contributed by atoms with Crippen LogP contribution in [0, 0.1) is 0 Å². The molecule has 136 valence electrons. The SMILES string of the molecule is N[C@H]1[C@H](O[C@H]2[C@@H](O)[C@@H](CO)OC(O)[C@@H]2N)O[C@H](CO)[C@@H](O)[C@@H]1O. The maximum absolute atomic E-state index is 10.1. The van der Waals surface area contributed by atoms with Gasteiger partial charge in [-0.15, -0.1) is 0 Å². The lowest BCUT2D eigenvalue weighted by molar-refractivity contribution is -0.319. The molecule has 0 aromatic carbocycles. The summed E-state index contributed by atoms with van der Waals surface area (Å²) in [5, 5.41) is 57.7. The molecule has 2 rings (SSSR count). The topological polar surface area (TPSA) is 201 Å². The van der Waals surface area contributed by atoms with Gasteiger partial charge in [0.2, 0.25) is 0 Å². The molecule has 0 spiro atoms. The maximum atomic E-state index is 10.1. The van der Waals surface area contributed by atoms with Crippen molar-refractivity contribution in [3.05, 3.63) is 0 Å². The van der Waals surface area contributed by atoms with Gasteiger partial charge in [0.05, 0.1) is 25.3 Å². The molecule has 0 amide bonds. The lowest BCUT2D eigenvalue weighted by Gasteiger charge is -2.46. The molecule has 0 saturated carbocycles. The average molecular weight is 340 g/mol. The number of aliphatic hydroxyl groups is 6. The van der Waals surface area contributed by atoms with E-state index in [0.29, 0.717) is 0 Å². The van der Waals surface area contributed by atoms with Crippen LogP contribution in [0.25, 0.3) is 0 Å². The first-order chi connectivity index (χ1) is 10.8. The maximum Gasteiger partial charge on any atom is 0.176 e. The van der Waals surface area contributed by atoms with E-state index in [1.807, 2.05) is 0 Å². The van der Waals surface area contributed by atoms with E-state index in [1.165, 1.54) is 0 Å². The van der Waals surface area contributed by atoms with Crippen molar-refractivity contribution in [3.63, 3.8) is 0 Å². The van der Waals surface area contributed by atoms with Gasteiger partial charge in [0.1, 0.15) is 36.6 Å². The molecule has 2 aliphatic rings. The van der Waals surface area contributed by atoms with Crippen LogP contribution in [0.5, 0.6) is 0 Å². The van der Waals surface area contributed by atoms with E-state index in [4.69, 9.17) is 35.9 Å². The van der Waals surface area contributed by atoms with Crippen molar-refractivity contribution in [3.8, 4) is 0 Å². The Kier molecular flexibility index (Phi) is 6.27. The van der Waals surface area contributed by atoms with Crippen molar-refractivity contribution in [1.29, 1.82) is 0 Å². The predicted octanol–water partition coefficient (Wildman–Crippen LogP) is -5.46. The summed E-state index contributed by atoms with van der Waals surface area (Å²) in [6, 6.07) is -2.35. The molecule has 10 atom stereocenters. The molecule has 2 aliphatic heterocycles. The van der Waals surface area contributed by atoms with Crippen molar-refractivity contribution >= 4 is 0 Å². The van der Waals surface area contributed by atoms with Crippen molar-refractivity contribution < 1.29 is 44.8 Å². The minimum atomic E-state index is -1.50. The fraction of sp³-hybridized carbons (Fsp3) is 1.00. The number of nitrogens with two attached hydrogens (primary N) is 2. The zero-order chi connectivity index (χ0) is 17.3.